The molecule has 1 unspecified atom stereocenters. The van der Waals surface area contributed by atoms with Crippen LogP contribution < -0.4 is 9.13 Å². The lowest BCUT2D eigenvalue weighted by Gasteiger charge is -2.10. The molecule has 12 heteroatoms. The fourth-order valence-electron chi connectivity index (χ4n) is 2.93. The fraction of sp³-hybridized carbons (Fsp3) is 0.500. The van der Waals surface area contributed by atoms with Gasteiger partial charge in [0.2, 0.25) is 0 Å². The summed E-state index contributed by atoms with van der Waals surface area (Å²) in [6.07, 6.45) is 15.3. The maximum atomic E-state index is 9.75. The van der Waals surface area contributed by atoms with Crippen LogP contribution in [-0.4, -0.2) is 14.5 Å². The van der Waals surface area contributed by atoms with Crippen molar-refractivity contribution in [1.29, 1.82) is 0 Å². The molecule has 1 atom stereocenters. The summed E-state index contributed by atoms with van der Waals surface area (Å²) >= 11 is 0. The van der Waals surface area contributed by atoms with Crippen LogP contribution in [0.5, 0.6) is 0 Å². The molecule has 0 saturated heterocycles. The van der Waals surface area contributed by atoms with Gasteiger partial charge in [-0.05, 0) is 24.5 Å². The van der Waals surface area contributed by atoms with Gasteiger partial charge in [0, 0.05) is 37.1 Å². The van der Waals surface area contributed by atoms with E-state index in [2.05, 4.69) is 79.0 Å². The molecule has 2 rings (SSSR count). The molecule has 0 saturated carbocycles. The molecule has 0 radical (unpaired) electrons. The molecule has 0 amide bonds. The standard InChI is InChI=1S/C20H30N2.2BF4/c1-4-7-8-9-20(5-2)22-16-12-19(13-17-22)18-10-14-21(6-3)15-11-18;2*2-1(3,4)5/h10-17,20H,4-9H2,1-3H3;;/q+2;2*-1. The monoisotopic (exact) mass is 472 g/mol. The van der Waals surface area contributed by atoms with Crippen molar-refractivity contribution < 1.29 is 43.7 Å². The zero-order valence-corrected chi connectivity index (χ0v) is 18.5. The number of halogens is 8. The van der Waals surface area contributed by atoms with E-state index in [1.807, 2.05) is 0 Å². The zero-order chi connectivity index (χ0) is 24.8. The molecule has 0 bridgehead atoms. The van der Waals surface area contributed by atoms with Gasteiger partial charge in [-0.3, -0.25) is 0 Å². The summed E-state index contributed by atoms with van der Waals surface area (Å²) in [6, 6.07) is 9.52. The Bertz CT molecular complexity index is 711. The van der Waals surface area contributed by atoms with E-state index in [0.717, 1.165) is 6.54 Å². The maximum Gasteiger partial charge on any atom is 0.673 e. The second-order valence-corrected chi connectivity index (χ2v) is 7.00. The lowest BCUT2D eigenvalue weighted by atomic mass is 10.0. The zero-order valence-electron chi connectivity index (χ0n) is 18.5. The van der Waals surface area contributed by atoms with Crippen LogP contribution in [0.15, 0.2) is 49.1 Å². The molecular weight excluding hydrogens is 442 g/mol. The van der Waals surface area contributed by atoms with Crippen molar-refractivity contribution in [2.45, 2.75) is 65.5 Å². The highest BCUT2D eigenvalue weighted by molar-refractivity contribution is 6.50. The molecule has 0 aliphatic rings. The van der Waals surface area contributed by atoms with Gasteiger partial charge in [0.25, 0.3) is 0 Å². The first-order chi connectivity index (χ1) is 14.8. The maximum absolute atomic E-state index is 9.75. The molecule has 0 fully saturated rings. The van der Waals surface area contributed by atoms with Gasteiger partial charge in [-0.25, -0.2) is 9.13 Å². The minimum atomic E-state index is -6.00. The lowest BCUT2D eigenvalue weighted by Crippen LogP contribution is -2.38. The number of hydrogen-bond acceptors (Lipinski definition) is 0. The summed E-state index contributed by atoms with van der Waals surface area (Å²) in [4.78, 5) is 0. The van der Waals surface area contributed by atoms with Crippen LogP contribution in [0.4, 0.5) is 34.5 Å². The van der Waals surface area contributed by atoms with Gasteiger partial charge in [-0.15, -0.1) is 0 Å². The van der Waals surface area contributed by atoms with Gasteiger partial charge < -0.3 is 34.5 Å². The molecule has 2 heterocycles. The quantitative estimate of drug-likeness (QED) is 0.168. The van der Waals surface area contributed by atoms with Crippen molar-refractivity contribution in [3.05, 3.63) is 49.1 Å². The normalized spacial score (nSPS) is 12.2. The molecular formula is C20H30B2F8N2. The Kier molecular flexibility index (Phi) is 13.9. The Hall–Kier alpha value is -2.13. The smallest absolute Gasteiger partial charge is 0.418 e. The van der Waals surface area contributed by atoms with Gasteiger partial charge in [0.1, 0.15) is 6.54 Å². The topological polar surface area (TPSA) is 7.76 Å². The van der Waals surface area contributed by atoms with Crippen LogP contribution in [0.1, 0.15) is 58.9 Å². The largest absolute Gasteiger partial charge is 0.673 e. The second kappa shape index (κ2) is 14.8. The highest BCUT2D eigenvalue weighted by Gasteiger charge is 2.21. The van der Waals surface area contributed by atoms with E-state index in [-0.39, 0.29) is 0 Å². The predicted octanol–water partition coefficient (Wildman–Crippen LogP) is 7.08. The Labute approximate surface area is 184 Å². The van der Waals surface area contributed by atoms with Crippen LogP contribution >= 0.6 is 0 Å². The van der Waals surface area contributed by atoms with Crippen molar-refractivity contribution in [2.24, 2.45) is 0 Å². The third-order valence-corrected chi connectivity index (χ3v) is 4.48. The van der Waals surface area contributed by atoms with Gasteiger partial charge in [0.05, 0.1) is 0 Å². The average molecular weight is 472 g/mol. The summed E-state index contributed by atoms with van der Waals surface area (Å²) in [7, 11) is -12.0. The molecule has 0 N–H and O–H groups in total. The van der Waals surface area contributed by atoms with Crippen molar-refractivity contribution in [3.8, 4) is 11.1 Å². The summed E-state index contributed by atoms with van der Waals surface area (Å²) in [5, 5.41) is 0. The summed E-state index contributed by atoms with van der Waals surface area (Å²) in [5.74, 6) is 0. The third-order valence-electron chi connectivity index (χ3n) is 4.48. The van der Waals surface area contributed by atoms with Gasteiger partial charge in [-0.1, -0.05) is 26.7 Å². The molecule has 2 aromatic rings. The van der Waals surface area contributed by atoms with Crippen molar-refractivity contribution in [3.63, 3.8) is 0 Å². The number of nitrogens with zero attached hydrogens (tertiary/aromatic N) is 2. The molecule has 32 heavy (non-hydrogen) atoms. The highest BCUT2D eigenvalue weighted by atomic mass is 19.5. The molecule has 0 aliphatic carbocycles. The van der Waals surface area contributed by atoms with Crippen molar-refractivity contribution >= 4 is 14.5 Å². The van der Waals surface area contributed by atoms with E-state index < -0.39 is 14.5 Å². The Balaban J connectivity index is 0.000000805. The van der Waals surface area contributed by atoms with E-state index in [9.17, 15) is 34.5 Å². The van der Waals surface area contributed by atoms with Gasteiger partial charge in [-0.2, -0.15) is 0 Å². The minimum Gasteiger partial charge on any atom is -0.418 e. The van der Waals surface area contributed by atoms with E-state index in [4.69, 9.17) is 0 Å². The number of pyridine rings is 2. The summed E-state index contributed by atoms with van der Waals surface area (Å²) in [5.41, 5.74) is 2.58. The predicted molar refractivity (Wildman–Crippen MR) is 112 cm³/mol. The Morgan fingerprint density at radius 1 is 0.688 bits per heavy atom. The molecule has 2 aromatic heterocycles. The Morgan fingerprint density at radius 3 is 1.44 bits per heavy atom. The van der Waals surface area contributed by atoms with E-state index in [1.165, 1.54) is 43.2 Å². The van der Waals surface area contributed by atoms with Gasteiger partial charge >= 0.3 is 14.5 Å². The third kappa shape index (κ3) is 16.5. The SMILES string of the molecule is CCCCCC(CC)[n+]1ccc(-c2cc[n+](CC)cc2)cc1.F[B-](F)(F)F.F[B-](F)(F)F. The lowest BCUT2D eigenvalue weighted by molar-refractivity contribution is -0.724. The van der Waals surface area contributed by atoms with Crippen LogP contribution in [0, 0.1) is 0 Å². The van der Waals surface area contributed by atoms with Crippen LogP contribution in [-0.2, 0) is 6.54 Å². The van der Waals surface area contributed by atoms with Gasteiger partial charge in [0.15, 0.2) is 30.8 Å². The number of rotatable bonds is 8. The van der Waals surface area contributed by atoms with E-state index in [0.29, 0.717) is 6.04 Å². The molecule has 0 spiro atoms. The first-order valence-electron chi connectivity index (χ1n) is 10.5. The van der Waals surface area contributed by atoms with Crippen LogP contribution in [0.3, 0.4) is 0 Å². The number of aromatic nitrogens is 2. The number of hydrogen-bond donors (Lipinski definition) is 0. The number of aryl methyl sites for hydroxylation is 1. The highest BCUT2D eigenvalue weighted by Crippen LogP contribution is 2.18. The van der Waals surface area contributed by atoms with Crippen molar-refractivity contribution in [1.82, 2.24) is 0 Å². The minimum absolute atomic E-state index is 0.638. The first-order valence-corrected chi connectivity index (χ1v) is 10.5. The average Bonchev–Trinajstić information content (AvgIpc) is 2.69. The van der Waals surface area contributed by atoms with E-state index >= 15 is 0 Å². The van der Waals surface area contributed by atoms with Crippen LogP contribution in [0.2, 0.25) is 0 Å². The van der Waals surface area contributed by atoms with Crippen molar-refractivity contribution in [2.75, 3.05) is 0 Å². The second-order valence-electron chi connectivity index (χ2n) is 7.00. The van der Waals surface area contributed by atoms with E-state index in [1.54, 1.807) is 0 Å². The first kappa shape index (κ1) is 29.9. The molecule has 0 aliphatic heterocycles. The molecule has 2 nitrogen and oxygen atoms in total. The summed E-state index contributed by atoms with van der Waals surface area (Å²) < 4.78 is 82.6. The van der Waals surface area contributed by atoms with Crippen LogP contribution in [0.25, 0.3) is 11.1 Å². The molecule has 182 valence electrons. The molecule has 0 aromatic carbocycles. The fourth-order valence-corrected chi connectivity index (χ4v) is 2.93. The number of unbranched alkanes of at least 4 members (excludes halogenated alkanes) is 2. The summed E-state index contributed by atoms with van der Waals surface area (Å²) in [6.45, 7) is 7.74. The Morgan fingerprint density at radius 2 is 1.09 bits per heavy atom.